The fourth-order valence-electron chi connectivity index (χ4n) is 1.57. The fraction of sp³-hybridized carbons (Fsp3) is 0.462. The van der Waals surface area contributed by atoms with Gasteiger partial charge in [0.25, 0.3) is 0 Å². The Kier molecular flexibility index (Phi) is 4.99. The van der Waals surface area contributed by atoms with E-state index in [-0.39, 0.29) is 5.91 Å². The topological polar surface area (TPSA) is 41.1 Å². The Bertz CT molecular complexity index is 341. The van der Waals surface area contributed by atoms with E-state index in [0.717, 1.165) is 29.8 Å². The Morgan fingerprint density at radius 3 is 2.44 bits per heavy atom. The maximum Gasteiger partial charge on any atom is 0.238 e. The van der Waals surface area contributed by atoms with E-state index in [1.807, 2.05) is 32.0 Å². The Morgan fingerprint density at radius 2 is 1.88 bits per heavy atom. The number of carbonyl (C=O) groups is 1. The average molecular weight is 220 g/mol. The molecule has 0 bridgehead atoms. The van der Waals surface area contributed by atoms with Crippen molar-refractivity contribution in [1.82, 2.24) is 5.32 Å². The molecule has 0 spiro atoms. The van der Waals surface area contributed by atoms with E-state index < -0.39 is 0 Å². The van der Waals surface area contributed by atoms with Crippen LogP contribution in [-0.4, -0.2) is 19.0 Å². The third kappa shape index (κ3) is 3.66. The van der Waals surface area contributed by atoms with Gasteiger partial charge in [0, 0.05) is 5.69 Å². The molecule has 0 heterocycles. The maximum absolute atomic E-state index is 11.6. The van der Waals surface area contributed by atoms with Crippen molar-refractivity contribution in [2.75, 3.05) is 18.4 Å². The van der Waals surface area contributed by atoms with Crippen LogP contribution >= 0.6 is 0 Å². The Balaban J connectivity index is 2.56. The van der Waals surface area contributed by atoms with E-state index in [2.05, 4.69) is 17.6 Å². The summed E-state index contributed by atoms with van der Waals surface area (Å²) in [6, 6.07) is 6.00. The van der Waals surface area contributed by atoms with Crippen molar-refractivity contribution >= 4 is 11.6 Å². The zero-order valence-electron chi connectivity index (χ0n) is 10.3. The van der Waals surface area contributed by atoms with Gasteiger partial charge >= 0.3 is 0 Å². The summed E-state index contributed by atoms with van der Waals surface area (Å²) in [4.78, 5) is 11.6. The normalized spacial score (nSPS) is 10.2. The summed E-state index contributed by atoms with van der Waals surface area (Å²) in [6.07, 6.45) is 1.04. The van der Waals surface area contributed by atoms with Crippen molar-refractivity contribution in [2.45, 2.75) is 27.2 Å². The predicted molar refractivity (Wildman–Crippen MR) is 67.7 cm³/mol. The quantitative estimate of drug-likeness (QED) is 0.747. The molecule has 1 aromatic rings. The Hall–Kier alpha value is -1.35. The molecule has 0 radical (unpaired) electrons. The molecule has 0 aliphatic carbocycles. The summed E-state index contributed by atoms with van der Waals surface area (Å²) in [6.45, 7) is 7.34. The number of hydrogen-bond acceptors (Lipinski definition) is 2. The summed E-state index contributed by atoms with van der Waals surface area (Å²) < 4.78 is 0. The van der Waals surface area contributed by atoms with Crippen LogP contribution in [0.4, 0.5) is 5.69 Å². The molecule has 0 aliphatic rings. The van der Waals surface area contributed by atoms with Crippen molar-refractivity contribution in [3.8, 4) is 0 Å². The lowest BCUT2D eigenvalue weighted by Crippen LogP contribution is -2.29. The number of carbonyl (C=O) groups excluding carboxylic acids is 1. The number of rotatable bonds is 5. The summed E-state index contributed by atoms with van der Waals surface area (Å²) in [5, 5.41) is 6.02. The second kappa shape index (κ2) is 6.28. The van der Waals surface area contributed by atoms with E-state index >= 15 is 0 Å². The highest BCUT2D eigenvalue weighted by atomic mass is 16.1. The molecule has 88 valence electrons. The van der Waals surface area contributed by atoms with E-state index in [1.165, 1.54) is 0 Å². The molecule has 16 heavy (non-hydrogen) atoms. The molecule has 2 N–H and O–H groups in total. The van der Waals surface area contributed by atoms with Crippen LogP contribution < -0.4 is 10.6 Å². The first kappa shape index (κ1) is 12.7. The minimum absolute atomic E-state index is 0.0193. The van der Waals surface area contributed by atoms with Crippen molar-refractivity contribution in [3.05, 3.63) is 29.3 Å². The lowest BCUT2D eigenvalue weighted by atomic mass is 10.1. The average Bonchev–Trinajstić information content (AvgIpc) is 2.24. The zero-order valence-corrected chi connectivity index (χ0v) is 10.3. The molecular weight excluding hydrogens is 200 g/mol. The standard InChI is InChI=1S/C13H20N2O/c1-4-8-14-9-12(16)15-13-10(2)6-5-7-11(13)3/h5-7,14H,4,8-9H2,1-3H3,(H,15,16). The number of amides is 1. The van der Waals surface area contributed by atoms with Gasteiger partial charge < -0.3 is 10.6 Å². The number of anilines is 1. The van der Waals surface area contributed by atoms with E-state index in [1.54, 1.807) is 0 Å². The monoisotopic (exact) mass is 220 g/mol. The molecular formula is C13H20N2O. The lowest BCUT2D eigenvalue weighted by Gasteiger charge is -2.11. The highest BCUT2D eigenvalue weighted by Gasteiger charge is 2.05. The van der Waals surface area contributed by atoms with Crippen molar-refractivity contribution in [3.63, 3.8) is 0 Å². The molecule has 3 nitrogen and oxygen atoms in total. The molecule has 3 heteroatoms. The smallest absolute Gasteiger partial charge is 0.238 e. The van der Waals surface area contributed by atoms with Crippen LogP contribution in [0.15, 0.2) is 18.2 Å². The minimum atomic E-state index is 0.0193. The fourth-order valence-corrected chi connectivity index (χ4v) is 1.57. The first-order valence-electron chi connectivity index (χ1n) is 5.72. The minimum Gasteiger partial charge on any atom is -0.324 e. The van der Waals surface area contributed by atoms with Gasteiger partial charge in [-0.1, -0.05) is 25.1 Å². The second-order valence-corrected chi connectivity index (χ2v) is 3.99. The first-order chi connectivity index (χ1) is 7.65. The van der Waals surface area contributed by atoms with Gasteiger partial charge in [-0.2, -0.15) is 0 Å². The second-order valence-electron chi connectivity index (χ2n) is 3.99. The SMILES string of the molecule is CCCNCC(=O)Nc1c(C)cccc1C. The summed E-state index contributed by atoms with van der Waals surface area (Å²) >= 11 is 0. The molecule has 0 saturated carbocycles. The largest absolute Gasteiger partial charge is 0.324 e. The number of nitrogens with one attached hydrogen (secondary N) is 2. The van der Waals surface area contributed by atoms with Gasteiger partial charge in [-0.3, -0.25) is 4.79 Å². The van der Waals surface area contributed by atoms with Crippen molar-refractivity contribution in [2.24, 2.45) is 0 Å². The van der Waals surface area contributed by atoms with Gasteiger partial charge in [-0.05, 0) is 37.9 Å². The predicted octanol–water partition coefficient (Wildman–Crippen LogP) is 2.24. The highest BCUT2D eigenvalue weighted by molar-refractivity contribution is 5.93. The molecule has 0 aliphatic heterocycles. The number of aryl methyl sites for hydroxylation is 2. The van der Waals surface area contributed by atoms with Crippen LogP contribution in [0.3, 0.4) is 0 Å². The van der Waals surface area contributed by atoms with Gasteiger partial charge in [0.15, 0.2) is 0 Å². The summed E-state index contributed by atoms with van der Waals surface area (Å²) in [5.41, 5.74) is 3.14. The van der Waals surface area contributed by atoms with Crippen LogP contribution in [0.1, 0.15) is 24.5 Å². The third-order valence-electron chi connectivity index (χ3n) is 2.46. The van der Waals surface area contributed by atoms with Crippen LogP contribution in [0.25, 0.3) is 0 Å². The molecule has 0 aromatic heterocycles. The highest BCUT2D eigenvalue weighted by Crippen LogP contribution is 2.18. The molecule has 1 rings (SSSR count). The van der Waals surface area contributed by atoms with Gasteiger partial charge in [-0.25, -0.2) is 0 Å². The Morgan fingerprint density at radius 1 is 1.25 bits per heavy atom. The van der Waals surface area contributed by atoms with Crippen molar-refractivity contribution < 1.29 is 4.79 Å². The summed E-state index contributed by atoms with van der Waals surface area (Å²) in [7, 11) is 0. The number of benzene rings is 1. The molecule has 1 amide bonds. The molecule has 0 atom stereocenters. The lowest BCUT2D eigenvalue weighted by molar-refractivity contribution is -0.115. The van der Waals surface area contributed by atoms with E-state index in [9.17, 15) is 4.79 Å². The zero-order chi connectivity index (χ0) is 12.0. The van der Waals surface area contributed by atoms with Gasteiger partial charge in [-0.15, -0.1) is 0 Å². The third-order valence-corrected chi connectivity index (χ3v) is 2.46. The van der Waals surface area contributed by atoms with Gasteiger partial charge in [0.2, 0.25) is 5.91 Å². The number of para-hydroxylation sites is 1. The van der Waals surface area contributed by atoms with Crippen LogP contribution in [0.2, 0.25) is 0 Å². The van der Waals surface area contributed by atoms with Crippen LogP contribution in [-0.2, 0) is 4.79 Å². The Labute approximate surface area is 97.2 Å². The van der Waals surface area contributed by atoms with Crippen LogP contribution in [0.5, 0.6) is 0 Å². The van der Waals surface area contributed by atoms with Gasteiger partial charge in [0.05, 0.1) is 6.54 Å². The maximum atomic E-state index is 11.6. The van der Waals surface area contributed by atoms with Crippen LogP contribution in [0, 0.1) is 13.8 Å². The van der Waals surface area contributed by atoms with Crippen molar-refractivity contribution in [1.29, 1.82) is 0 Å². The van der Waals surface area contributed by atoms with Gasteiger partial charge in [0.1, 0.15) is 0 Å². The van der Waals surface area contributed by atoms with E-state index in [4.69, 9.17) is 0 Å². The van der Waals surface area contributed by atoms with E-state index in [0.29, 0.717) is 6.54 Å². The molecule has 0 fully saturated rings. The molecule has 0 saturated heterocycles. The number of hydrogen-bond donors (Lipinski definition) is 2. The first-order valence-corrected chi connectivity index (χ1v) is 5.72. The molecule has 1 aromatic carbocycles. The summed E-state index contributed by atoms with van der Waals surface area (Å²) in [5.74, 6) is 0.0193. The molecule has 0 unspecified atom stereocenters.